The fourth-order valence-electron chi connectivity index (χ4n) is 2.59. The van der Waals surface area contributed by atoms with E-state index in [1.807, 2.05) is 12.3 Å². The summed E-state index contributed by atoms with van der Waals surface area (Å²) in [6.45, 7) is 2.46. The van der Waals surface area contributed by atoms with Crippen molar-refractivity contribution in [1.29, 1.82) is 0 Å². The predicted molar refractivity (Wildman–Crippen MR) is 80.8 cm³/mol. The summed E-state index contributed by atoms with van der Waals surface area (Å²) in [6.07, 6.45) is 4.44. The average molecular weight is 267 g/mol. The highest BCUT2D eigenvalue weighted by atomic mass is 15.2. The lowest BCUT2D eigenvalue weighted by molar-refractivity contribution is 0.244. The van der Waals surface area contributed by atoms with Gasteiger partial charge >= 0.3 is 0 Å². The van der Waals surface area contributed by atoms with Crippen molar-refractivity contribution in [2.24, 2.45) is 5.73 Å². The van der Waals surface area contributed by atoms with Crippen molar-refractivity contribution in [3.8, 4) is 0 Å². The largest absolute Gasteiger partial charge is 0.325 e. The molecule has 2 aromatic rings. The Morgan fingerprint density at radius 2 is 1.85 bits per heavy atom. The lowest BCUT2D eigenvalue weighted by atomic mass is 10.1. The highest BCUT2D eigenvalue weighted by molar-refractivity contribution is 5.21. The fraction of sp³-hybridized carbons (Fsp3) is 0.353. The van der Waals surface area contributed by atoms with Gasteiger partial charge in [-0.15, -0.1) is 0 Å². The predicted octanol–water partition coefficient (Wildman–Crippen LogP) is 2.70. The van der Waals surface area contributed by atoms with Crippen LogP contribution >= 0.6 is 0 Å². The maximum absolute atomic E-state index is 5.79. The molecule has 0 spiro atoms. The Bertz CT molecular complexity index is 549. The maximum atomic E-state index is 5.79. The molecule has 1 aliphatic carbocycles. The van der Waals surface area contributed by atoms with Crippen LogP contribution in [-0.4, -0.2) is 15.9 Å². The molecule has 20 heavy (non-hydrogen) atoms. The molecule has 0 atom stereocenters. The van der Waals surface area contributed by atoms with Gasteiger partial charge in [-0.2, -0.15) is 0 Å². The Kier molecular flexibility index (Phi) is 4.09. The number of hydrogen-bond acceptors (Lipinski definition) is 3. The molecule has 0 radical (unpaired) electrons. The van der Waals surface area contributed by atoms with Crippen LogP contribution in [-0.2, 0) is 19.6 Å². The highest BCUT2D eigenvalue weighted by Crippen LogP contribution is 2.30. The number of nitrogens with two attached hydrogens (primary N) is 1. The van der Waals surface area contributed by atoms with E-state index in [1.165, 1.54) is 24.0 Å². The van der Waals surface area contributed by atoms with Crippen molar-refractivity contribution >= 4 is 0 Å². The van der Waals surface area contributed by atoms with Crippen molar-refractivity contribution in [2.75, 3.05) is 0 Å². The highest BCUT2D eigenvalue weighted by Gasteiger charge is 2.29. The minimum atomic E-state index is 0.514. The van der Waals surface area contributed by atoms with Gasteiger partial charge in [0, 0.05) is 31.9 Å². The summed E-state index contributed by atoms with van der Waals surface area (Å²) in [5, 5.41) is 0. The van der Waals surface area contributed by atoms with Crippen molar-refractivity contribution in [1.82, 2.24) is 9.88 Å². The van der Waals surface area contributed by atoms with E-state index in [2.05, 4.69) is 46.3 Å². The summed E-state index contributed by atoms with van der Waals surface area (Å²) < 4.78 is 0. The van der Waals surface area contributed by atoms with Crippen molar-refractivity contribution in [3.63, 3.8) is 0 Å². The van der Waals surface area contributed by atoms with E-state index in [9.17, 15) is 0 Å². The third-order valence-electron chi connectivity index (χ3n) is 3.84. The fourth-order valence-corrected chi connectivity index (χ4v) is 2.59. The molecular weight excluding hydrogens is 246 g/mol. The minimum Gasteiger partial charge on any atom is -0.325 e. The zero-order chi connectivity index (χ0) is 13.8. The van der Waals surface area contributed by atoms with E-state index >= 15 is 0 Å². The molecule has 0 unspecified atom stereocenters. The second kappa shape index (κ2) is 6.16. The van der Waals surface area contributed by atoms with Crippen LogP contribution in [0.3, 0.4) is 0 Å². The van der Waals surface area contributed by atoms with Gasteiger partial charge in [-0.1, -0.05) is 36.4 Å². The molecular formula is C17H21N3. The molecule has 0 amide bonds. The van der Waals surface area contributed by atoms with E-state index in [1.54, 1.807) is 0 Å². The van der Waals surface area contributed by atoms with Crippen LogP contribution in [0.1, 0.15) is 29.7 Å². The zero-order valence-electron chi connectivity index (χ0n) is 11.7. The Morgan fingerprint density at radius 3 is 2.55 bits per heavy atom. The molecule has 0 bridgehead atoms. The second-order valence-corrected chi connectivity index (χ2v) is 5.44. The first kappa shape index (κ1) is 13.3. The summed E-state index contributed by atoms with van der Waals surface area (Å²) >= 11 is 0. The van der Waals surface area contributed by atoms with Gasteiger partial charge < -0.3 is 5.73 Å². The topological polar surface area (TPSA) is 42.1 Å². The zero-order valence-corrected chi connectivity index (χ0v) is 11.7. The maximum Gasteiger partial charge on any atom is 0.0584 e. The van der Waals surface area contributed by atoms with Gasteiger partial charge in [0.15, 0.2) is 0 Å². The van der Waals surface area contributed by atoms with Crippen LogP contribution in [0.2, 0.25) is 0 Å². The summed E-state index contributed by atoms with van der Waals surface area (Å²) in [5.41, 5.74) is 9.44. The van der Waals surface area contributed by atoms with Crippen LogP contribution in [0.5, 0.6) is 0 Å². The summed E-state index contributed by atoms with van der Waals surface area (Å²) in [4.78, 5) is 6.93. The Labute approximate surface area is 120 Å². The SMILES string of the molecule is NCc1ncccc1CN(Cc1ccccc1)C1CC1. The third kappa shape index (κ3) is 3.24. The van der Waals surface area contributed by atoms with Gasteiger partial charge in [-0.05, 0) is 30.0 Å². The number of benzene rings is 1. The first-order chi connectivity index (χ1) is 9.86. The first-order valence-corrected chi connectivity index (χ1v) is 7.27. The van der Waals surface area contributed by atoms with Crippen LogP contribution < -0.4 is 5.73 Å². The van der Waals surface area contributed by atoms with Crippen LogP contribution in [0.4, 0.5) is 0 Å². The molecule has 1 aliphatic rings. The molecule has 3 nitrogen and oxygen atoms in total. The molecule has 0 aliphatic heterocycles. The lowest BCUT2D eigenvalue weighted by Gasteiger charge is -2.23. The number of aromatic nitrogens is 1. The van der Waals surface area contributed by atoms with E-state index in [0.717, 1.165) is 24.8 Å². The van der Waals surface area contributed by atoms with E-state index < -0.39 is 0 Å². The van der Waals surface area contributed by atoms with Gasteiger partial charge in [-0.3, -0.25) is 9.88 Å². The summed E-state index contributed by atoms with van der Waals surface area (Å²) in [5.74, 6) is 0. The third-order valence-corrected chi connectivity index (χ3v) is 3.84. The van der Waals surface area contributed by atoms with Crippen LogP contribution in [0.25, 0.3) is 0 Å². The molecule has 3 heteroatoms. The molecule has 1 aromatic carbocycles. The minimum absolute atomic E-state index is 0.514. The van der Waals surface area contributed by atoms with Gasteiger partial charge in [0.2, 0.25) is 0 Å². The Morgan fingerprint density at radius 1 is 1.05 bits per heavy atom. The van der Waals surface area contributed by atoms with Gasteiger partial charge in [0.05, 0.1) is 5.69 Å². The molecule has 3 rings (SSSR count). The Hall–Kier alpha value is -1.71. The number of rotatable bonds is 6. The van der Waals surface area contributed by atoms with Crippen LogP contribution in [0, 0.1) is 0 Å². The normalized spacial score (nSPS) is 14.7. The number of nitrogens with zero attached hydrogens (tertiary/aromatic N) is 2. The monoisotopic (exact) mass is 267 g/mol. The van der Waals surface area contributed by atoms with Gasteiger partial charge in [-0.25, -0.2) is 0 Å². The number of pyridine rings is 1. The standard InChI is InChI=1S/C17H21N3/c18-11-17-15(7-4-10-19-17)13-20(16-8-9-16)12-14-5-2-1-3-6-14/h1-7,10,16H,8-9,11-13,18H2. The van der Waals surface area contributed by atoms with Crippen molar-refractivity contribution in [2.45, 2.75) is 38.5 Å². The lowest BCUT2D eigenvalue weighted by Crippen LogP contribution is -2.26. The second-order valence-electron chi connectivity index (χ2n) is 5.44. The molecule has 1 saturated carbocycles. The number of hydrogen-bond donors (Lipinski definition) is 1. The molecule has 1 fully saturated rings. The van der Waals surface area contributed by atoms with E-state index in [0.29, 0.717) is 6.54 Å². The molecule has 1 heterocycles. The van der Waals surface area contributed by atoms with Crippen molar-refractivity contribution < 1.29 is 0 Å². The summed E-state index contributed by atoms with van der Waals surface area (Å²) in [6, 6.07) is 15.5. The molecule has 1 aromatic heterocycles. The molecule has 2 N–H and O–H groups in total. The molecule has 104 valence electrons. The smallest absolute Gasteiger partial charge is 0.0584 e. The van der Waals surface area contributed by atoms with Crippen molar-refractivity contribution in [3.05, 3.63) is 65.5 Å². The van der Waals surface area contributed by atoms with E-state index in [-0.39, 0.29) is 0 Å². The van der Waals surface area contributed by atoms with Gasteiger partial charge in [0.25, 0.3) is 0 Å². The average Bonchev–Trinajstić information content (AvgIpc) is 3.33. The quantitative estimate of drug-likeness (QED) is 0.875. The molecule has 0 saturated heterocycles. The van der Waals surface area contributed by atoms with E-state index in [4.69, 9.17) is 5.73 Å². The summed E-state index contributed by atoms with van der Waals surface area (Å²) in [7, 11) is 0. The Balaban J connectivity index is 1.74. The first-order valence-electron chi connectivity index (χ1n) is 7.27. The van der Waals surface area contributed by atoms with Gasteiger partial charge in [0.1, 0.15) is 0 Å². The van der Waals surface area contributed by atoms with Crippen LogP contribution in [0.15, 0.2) is 48.7 Å².